The Morgan fingerprint density at radius 2 is 1.81 bits per heavy atom. The first-order valence-electron chi connectivity index (χ1n) is 9.71. The molecule has 1 atom stereocenters. The topological polar surface area (TPSA) is 94.1 Å². The molecule has 31 heavy (non-hydrogen) atoms. The van der Waals surface area contributed by atoms with Crippen LogP contribution in [0.4, 0.5) is 0 Å². The van der Waals surface area contributed by atoms with Crippen LogP contribution in [0.15, 0.2) is 67.0 Å². The van der Waals surface area contributed by atoms with Gasteiger partial charge < -0.3 is 19.4 Å². The molecule has 2 N–H and O–H groups in total. The van der Waals surface area contributed by atoms with E-state index in [9.17, 15) is 4.79 Å². The zero-order chi connectivity index (χ0) is 21.8. The molecular weight excluding hydrogens is 394 g/mol. The predicted octanol–water partition coefficient (Wildman–Crippen LogP) is 3.35. The van der Waals surface area contributed by atoms with Gasteiger partial charge in [-0.15, -0.1) is 0 Å². The van der Waals surface area contributed by atoms with Crippen LogP contribution in [0.1, 0.15) is 27.9 Å². The maximum atomic E-state index is 13.1. The Morgan fingerprint density at radius 1 is 1.06 bits per heavy atom. The van der Waals surface area contributed by atoms with Gasteiger partial charge in [-0.2, -0.15) is 5.10 Å². The van der Waals surface area contributed by atoms with Gasteiger partial charge in [0.15, 0.2) is 0 Å². The largest absolute Gasteiger partial charge is 0.497 e. The summed E-state index contributed by atoms with van der Waals surface area (Å²) in [6, 6.07) is 16.3. The number of aryl methyl sites for hydroxylation is 1. The van der Waals surface area contributed by atoms with Crippen molar-refractivity contribution < 1.29 is 14.3 Å². The zero-order valence-electron chi connectivity index (χ0n) is 17.5. The molecule has 1 amide bonds. The van der Waals surface area contributed by atoms with Gasteiger partial charge in [0, 0.05) is 25.0 Å². The Labute approximate surface area is 179 Å². The van der Waals surface area contributed by atoms with Crippen LogP contribution < -0.4 is 14.8 Å². The lowest BCUT2D eigenvalue weighted by Crippen LogP contribution is -2.31. The minimum absolute atomic E-state index is 0.294. The van der Waals surface area contributed by atoms with E-state index in [0.717, 1.165) is 16.9 Å². The van der Waals surface area contributed by atoms with E-state index in [4.69, 9.17) is 9.47 Å². The average molecular weight is 417 g/mol. The van der Waals surface area contributed by atoms with E-state index < -0.39 is 6.04 Å². The Hall–Kier alpha value is -4.07. The molecule has 2 aromatic carbocycles. The second kappa shape index (κ2) is 8.74. The van der Waals surface area contributed by atoms with Gasteiger partial charge in [0.05, 0.1) is 19.9 Å². The number of amides is 1. The van der Waals surface area contributed by atoms with Gasteiger partial charge in [-0.25, -0.2) is 4.98 Å². The van der Waals surface area contributed by atoms with Gasteiger partial charge in [-0.1, -0.05) is 24.3 Å². The number of hydrogen-bond donors (Lipinski definition) is 2. The summed E-state index contributed by atoms with van der Waals surface area (Å²) >= 11 is 0. The first-order valence-corrected chi connectivity index (χ1v) is 9.71. The number of aromatic amines is 1. The molecule has 0 saturated carbocycles. The summed E-state index contributed by atoms with van der Waals surface area (Å²) < 4.78 is 12.5. The van der Waals surface area contributed by atoms with E-state index in [-0.39, 0.29) is 5.91 Å². The molecule has 158 valence electrons. The second-order valence-corrected chi connectivity index (χ2v) is 6.98. The molecule has 0 spiro atoms. The second-order valence-electron chi connectivity index (χ2n) is 6.98. The van der Waals surface area contributed by atoms with Crippen LogP contribution in [0.3, 0.4) is 0 Å². The first-order chi connectivity index (χ1) is 15.1. The highest BCUT2D eigenvalue weighted by molar-refractivity contribution is 5.93. The molecule has 2 aromatic heterocycles. The van der Waals surface area contributed by atoms with Crippen LogP contribution in [0.2, 0.25) is 0 Å². The van der Waals surface area contributed by atoms with E-state index in [2.05, 4.69) is 20.5 Å². The summed E-state index contributed by atoms with van der Waals surface area (Å²) in [4.78, 5) is 17.5. The normalized spacial score (nSPS) is 11.7. The van der Waals surface area contributed by atoms with Crippen molar-refractivity contribution in [2.75, 3.05) is 14.2 Å². The molecule has 0 fully saturated rings. The van der Waals surface area contributed by atoms with Crippen LogP contribution >= 0.6 is 0 Å². The monoisotopic (exact) mass is 417 g/mol. The van der Waals surface area contributed by atoms with Crippen LogP contribution in [-0.2, 0) is 7.05 Å². The van der Waals surface area contributed by atoms with Crippen LogP contribution in [0.5, 0.6) is 11.5 Å². The highest BCUT2D eigenvalue weighted by atomic mass is 16.5. The number of imidazole rings is 1. The van der Waals surface area contributed by atoms with Gasteiger partial charge >= 0.3 is 0 Å². The van der Waals surface area contributed by atoms with Crippen molar-refractivity contribution in [3.05, 3.63) is 84.1 Å². The maximum Gasteiger partial charge on any atom is 0.270 e. The van der Waals surface area contributed by atoms with Crippen molar-refractivity contribution in [3.63, 3.8) is 0 Å². The lowest BCUT2D eigenvalue weighted by Gasteiger charge is -2.19. The van der Waals surface area contributed by atoms with Crippen molar-refractivity contribution >= 4 is 5.91 Å². The molecule has 4 rings (SSSR count). The minimum atomic E-state index is -0.467. The number of hydrogen-bond acceptors (Lipinski definition) is 5. The molecular formula is C23H23N5O3. The SMILES string of the molecule is COc1cccc(-c2cc(C(=O)N[C@@H](c3cccc(OC)c3)c3nccn3C)[nH]n2)c1. The van der Waals surface area contributed by atoms with Gasteiger partial charge in [0.2, 0.25) is 0 Å². The van der Waals surface area contributed by atoms with E-state index in [1.54, 1.807) is 26.5 Å². The number of H-pyrrole nitrogens is 1. The Kier molecular flexibility index (Phi) is 5.70. The fourth-order valence-electron chi connectivity index (χ4n) is 3.35. The molecule has 4 aromatic rings. The summed E-state index contributed by atoms with van der Waals surface area (Å²) in [7, 11) is 5.11. The highest BCUT2D eigenvalue weighted by Crippen LogP contribution is 2.26. The standard InChI is InChI=1S/C23H23N5O3/c1-28-11-10-24-22(28)21(16-7-5-9-18(13-16)31-3)25-23(29)20-14-19(26-27-20)15-6-4-8-17(12-15)30-2/h4-14,21H,1-3H3,(H,25,29)(H,26,27)/t21-/m0/s1. The Bertz CT molecular complexity index is 1200. The predicted molar refractivity (Wildman–Crippen MR) is 116 cm³/mol. The first kappa shape index (κ1) is 20.2. The molecule has 0 bridgehead atoms. The molecule has 0 saturated heterocycles. The third-order valence-corrected chi connectivity index (χ3v) is 5.01. The number of nitrogens with one attached hydrogen (secondary N) is 2. The van der Waals surface area contributed by atoms with Gasteiger partial charge in [-0.05, 0) is 35.9 Å². The summed E-state index contributed by atoms with van der Waals surface area (Å²) in [5.41, 5.74) is 2.71. The van der Waals surface area contributed by atoms with Crippen molar-refractivity contribution in [2.45, 2.75) is 6.04 Å². The Balaban J connectivity index is 1.62. The fraction of sp³-hybridized carbons (Fsp3) is 0.174. The van der Waals surface area contributed by atoms with E-state index in [1.165, 1.54) is 0 Å². The lowest BCUT2D eigenvalue weighted by molar-refractivity contribution is 0.0936. The lowest BCUT2D eigenvalue weighted by atomic mass is 10.1. The number of carbonyl (C=O) groups excluding carboxylic acids is 1. The molecule has 8 nitrogen and oxygen atoms in total. The van der Waals surface area contributed by atoms with Gasteiger partial charge in [0.1, 0.15) is 29.1 Å². The van der Waals surface area contributed by atoms with Crippen LogP contribution in [0, 0.1) is 0 Å². The Morgan fingerprint density at radius 3 is 2.52 bits per heavy atom. The molecule has 8 heteroatoms. The number of benzene rings is 2. The molecule has 0 radical (unpaired) electrons. The number of rotatable bonds is 7. The molecule has 0 aliphatic heterocycles. The fourth-order valence-corrected chi connectivity index (χ4v) is 3.35. The number of ether oxygens (including phenoxy) is 2. The summed E-state index contributed by atoms with van der Waals surface area (Å²) in [6.45, 7) is 0. The van der Waals surface area contributed by atoms with Crippen LogP contribution in [-0.4, -0.2) is 39.9 Å². The van der Waals surface area contributed by atoms with E-state index >= 15 is 0 Å². The molecule has 0 aliphatic rings. The third-order valence-electron chi connectivity index (χ3n) is 5.01. The minimum Gasteiger partial charge on any atom is -0.497 e. The summed E-state index contributed by atoms with van der Waals surface area (Å²) in [5.74, 6) is 1.83. The van der Waals surface area contributed by atoms with Crippen molar-refractivity contribution in [1.29, 1.82) is 0 Å². The molecule has 0 unspecified atom stereocenters. The maximum absolute atomic E-state index is 13.1. The number of carbonyl (C=O) groups is 1. The molecule has 0 aliphatic carbocycles. The summed E-state index contributed by atoms with van der Waals surface area (Å²) in [6.07, 6.45) is 3.54. The van der Waals surface area contributed by atoms with Crippen molar-refractivity contribution in [1.82, 2.24) is 25.1 Å². The molecule has 2 heterocycles. The smallest absolute Gasteiger partial charge is 0.270 e. The van der Waals surface area contributed by atoms with Gasteiger partial charge in [-0.3, -0.25) is 9.89 Å². The highest BCUT2D eigenvalue weighted by Gasteiger charge is 2.23. The van der Waals surface area contributed by atoms with Gasteiger partial charge in [0.25, 0.3) is 5.91 Å². The van der Waals surface area contributed by atoms with Crippen molar-refractivity contribution in [3.8, 4) is 22.8 Å². The number of aromatic nitrogens is 4. The van der Waals surface area contributed by atoms with Crippen LogP contribution in [0.25, 0.3) is 11.3 Å². The number of methoxy groups -OCH3 is 2. The quantitative estimate of drug-likeness (QED) is 0.481. The third kappa shape index (κ3) is 4.28. The van der Waals surface area contributed by atoms with Crippen molar-refractivity contribution in [2.24, 2.45) is 7.05 Å². The summed E-state index contributed by atoms with van der Waals surface area (Å²) in [5, 5.41) is 10.2. The van der Waals surface area contributed by atoms with E-state index in [1.807, 2.05) is 66.3 Å². The average Bonchev–Trinajstić information content (AvgIpc) is 3.47. The number of nitrogens with zero attached hydrogens (tertiary/aromatic N) is 3. The van der Waals surface area contributed by atoms with E-state index in [0.29, 0.717) is 23.0 Å². The zero-order valence-corrected chi connectivity index (χ0v) is 17.5.